The molecule has 3 heterocycles. The van der Waals surface area contributed by atoms with Gasteiger partial charge in [-0.2, -0.15) is 5.10 Å². The number of carbonyl (C=O) groups is 1. The normalized spacial score (nSPS) is 20.0. The lowest BCUT2D eigenvalue weighted by Gasteiger charge is -2.35. The van der Waals surface area contributed by atoms with Gasteiger partial charge in [0.1, 0.15) is 5.69 Å². The smallest absolute Gasteiger partial charge is 0.274 e. The van der Waals surface area contributed by atoms with Gasteiger partial charge >= 0.3 is 0 Å². The fourth-order valence-electron chi connectivity index (χ4n) is 3.26. The van der Waals surface area contributed by atoms with Gasteiger partial charge in [-0.3, -0.25) is 14.5 Å². The van der Waals surface area contributed by atoms with E-state index in [9.17, 15) is 4.79 Å². The summed E-state index contributed by atoms with van der Waals surface area (Å²) < 4.78 is 7.78. The van der Waals surface area contributed by atoms with Crippen LogP contribution >= 0.6 is 0 Å². The summed E-state index contributed by atoms with van der Waals surface area (Å²) in [6, 6.07) is -0.130. The van der Waals surface area contributed by atoms with Crippen LogP contribution in [0.1, 0.15) is 40.6 Å². The van der Waals surface area contributed by atoms with Crippen molar-refractivity contribution in [3.63, 3.8) is 0 Å². The van der Waals surface area contributed by atoms with Gasteiger partial charge in [-0.15, -0.1) is 0 Å². The molecule has 0 saturated heterocycles. The second kappa shape index (κ2) is 6.32. The highest BCUT2D eigenvalue weighted by Crippen LogP contribution is 2.32. The number of aromatic nitrogens is 4. The number of ether oxygens (including phenoxy) is 1. The van der Waals surface area contributed by atoms with Crippen LogP contribution in [0.2, 0.25) is 0 Å². The average Bonchev–Trinajstić information content (AvgIpc) is 3.37. The van der Waals surface area contributed by atoms with Gasteiger partial charge in [-0.05, 0) is 30.7 Å². The molecular formula is C17H21N5O2. The van der Waals surface area contributed by atoms with E-state index in [-0.39, 0.29) is 11.9 Å². The quantitative estimate of drug-likeness (QED) is 0.829. The second-order valence-corrected chi connectivity index (χ2v) is 6.51. The highest BCUT2D eigenvalue weighted by molar-refractivity contribution is 5.92. The Hall–Kier alpha value is -2.28. The number of rotatable bonds is 5. The van der Waals surface area contributed by atoms with Crippen LogP contribution in [0, 0.1) is 5.92 Å². The van der Waals surface area contributed by atoms with Crippen LogP contribution in [0.4, 0.5) is 0 Å². The maximum absolute atomic E-state index is 12.9. The molecule has 1 amide bonds. The third kappa shape index (κ3) is 2.91. The molecule has 0 radical (unpaired) electrons. The Labute approximate surface area is 140 Å². The monoisotopic (exact) mass is 327 g/mol. The number of hydrogen-bond donors (Lipinski definition) is 0. The third-order valence-electron chi connectivity index (χ3n) is 4.75. The van der Waals surface area contributed by atoms with E-state index in [1.165, 1.54) is 24.6 Å². The summed E-state index contributed by atoms with van der Waals surface area (Å²) in [6.07, 6.45) is 9.84. The molecule has 0 bridgehead atoms. The Morgan fingerprint density at radius 2 is 2.17 bits per heavy atom. The Balaban J connectivity index is 1.59. The summed E-state index contributed by atoms with van der Waals surface area (Å²) in [4.78, 5) is 22.9. The van der Waals surface area contributed by atoms with Crippen molar-refractivity contribution in [3.05, 3.63) is 41.7 Å². The first-order chi connectivity index (χ1) is 11.7. The molecule has 1 aliphatic heterocycles. The van der Waals surface area contributed by atoms with Crippen LogP contribution in [0.3, 0.4) is 0 Å². The molecule has 24 heavy (non-hydrogen) atoms. The summed E-state index contributed by atoms with van der Waals surface area (Å²) >= 11 is 0. The van der Waals surface area contributed by atoms with Gasteiger partial charge in [-0.1, -0.05) is 0 Å². The van der Waals surface area contributed by atoms with E-state index in [1.54, 1.807) is 12.4 Å². The maximum atomic E-state index is 12.9. The zero-order valence-corrected chi connectivity index (χ0v) is 13.8. The van der Waals surface area contributed by atoms with Crippen molar-refractivity contribution < 1.29 is 9.53 Å². The SMILES string of the molecule is Cn1ncc2c1[C@H](COCC1CC1)N(C(=O)c1cnccn1)CC2. The molecule has 1 atom stereocenters. The van der Waals surface area contributed by atoms with Crippen molar-refractivity contribution in [2.45, 2.75) is 25.3 Å². The average molecular weight is 327 g/mol. The van der Waals surface area contributed by atoms with Gasteiger partial charge in [0.15, 0.2) is 0 Å². The molecule has 7 heteroatoms. The first-order valence-corrected chi connectivity index (χ1v) is 8.39. The minimum atomic E-state index is -0.130. The number of carbonyl (C=O) groups excluding carboxylic acids is 1. The van der Waals surface area contributed by atoms with Crippen LogP contribution in [0.5, 0.6) is 0 Å². The Morgan fingerprint density at radius 3 is 2.92 bits per heavy atom. The van der Waals surface area contributed by atoms with Gasteiger partial charge in [0.25, 0.3) is 5.91 Å². The molecule has 0 spiro atoms. The molecule has 0 unspecified atom stereocenters. The number of nitrogens with zero attached hydrogens (tertiary/aromatic N) is 5. The summed E-state index contributed by atoms with van der Waals surface area (Å²) in [5.41, 5.74) is 2.63. The molecule has 1 aliphatic carbocycles. The van der Waals surface area contributed by atoms with Crippen LogP contribution in [0.15, 0.2) is 24.8 Å². The Bertz CT molecular complexity index is 726. The van der Waals surface area contributed by atoms with Crippen LogP contribution in [-0.2, 0) is 18.2 Å². The van der Waals surface area contributed by atoms with Gasteiger partial charge in [0.2, 0.25) is 0 Å². The Morgan fingerprint density at radius 1 is 1.29 bits per heavy atom. The van der Waals surface area contributed by atoms with E-state index in [1.807, 2.05) is 22.8 Å². The van der Waals surface area contributed by atoms with E-state index in [4.69, 9.17) is 4.74 Å². The molecule has 4 rings (SSSR count). The predicted octanol–water partition coefficient (Wildman–Crippen LogP) is 1.38. The first-order valence-electron chi connectivity index (χ1n) is 8.39. The highest BCUT2D eigenvalue weighted by atomic mass is 16.5. The predicted molar refractivity (Wildman–Crippen MR) is 86.3 cm³/mol. The number of fused-ring (bicyclic) bond motifs is 1. The minimum absolute atomic E-state index is 0.102. The fraction of sp³-hybridized carbons (Fsp3) is 0.529. The molecule has 2 aromatic rings. The molecule has 1 fully saturated rings. The molecule has 2 aliphatic rings. The molecule has 2 aromatic heterocycles. The maximum Gasteiger partial charge on any atom is 0.274 e. The lowest BCUT2D eigenvalue weighted by molar-refractivity contribution is 0.0344. The summed E-state index contributed by atoms with van der Waals surface area (Å²) in [5, 5.41) is 4.37. The largest absolute Gasteiger partial charge is 0.379 e. The van der Waals surface area contributed by atoms with Crippen LogP contribution < -0.4 is 0 Å². The van der Waals surface area contributed by atoms with Gasteiger partial charge in [-0.25, -0.2) is 4.98 Å². The fourth-order valence-corrected chi connectivity index (χ4v) is 3.26. The molecule has 0 aromatic carbocycles. The molecule has 1 saturated carbocycles. The zero-order chi connectivity index (χ0) is 16.5. The van der Waals surface area contributed by atoms with Gasteiger partial charge in [0.05, 0.1) is 30.7 Å². The minimum Gasteiger partial charge on any atom is -0.379 e. The van der Waals surface area contributed by atoms with E-state index in [2.05, 4.69) is 15.1 Å². The lowest BCUT2D eigenvalue weighted by Crippen LogP contribution is -2.43. The highest BCUT2D eigenvalue weighted by Gasteiger charge is 2.35. The summed E-state index contributed by atoms with van der Waals surface area (Å²) in [5.74, 6) is 0.596. The van der Waals surface area contributed by atoms with Crippen molar-refractivity contribution in [2.75, 3.05) is 19.8 Å². The second-order valence-electron chi connectivity index (χ2n) is 6.51. The number of amides is 1. The first kappa shape index (κ1) is 15.3. The molecule has 126 valence electrons. The van der Waals surface area contributed by atoms with Crippen LogP contribution in [0.25, 0.3) is 0 Å². The summed E-state index contributed by atoms with van der Waals surface area (Å²) in [7, 11) is 1.92. The van der Waals surface area contributed by atoms with Crippen molar-refractivity contribution in [1.82, 2.24) is 24.6 Å². The van der Waals surface area contributed by atoms with E-state index >= 15 is 0 Å². The Kier molecular flexibility index (Phi) is 4.02. The van der Waals surface area contributed by atoms with Crippen molar-refractivity contribution >= 4 is 5.91 Å². The lowest BCUT2D eigenvalue weighted by atomic mass is 9.99. The van der Waals surface area contributed by atoms with Gasteiger partial charge in [0, 0.05) is 32.6 Å². The van der Waals surface area contributed by atoms with Crippen molar-refractivity contribution in [1.29, 1.82) is 0 Å². The number of hydrogen-bond acceptors (Lipinski definition) is 5. The van der Waals surface area contributed by atoms with E-state index in [0.717, 1.165) is 18.7 Å². The van der Waals surface area contributed by atoms with Crippen molar-refractivity contribution in [3.8, 4) is 0 Å². The number of aryl methyl sites for hydroxylation is 1. The van der Waals surface area contributed by atoms with Gasteiger partial charge < -0.3 is 9.64 Å². The molecule has 0 N–H and O–H groups in total. The standard InChI is InChI=1S/C17H21N5O2/c1-21-16-13(8-20-21)4-7-22(15(16)11-24-10-12-2-3-12)17(23)14-9-18-5-6-19-14/h5-6,8-9,12,15H,2-4,7,10-11H2,1H3/t15-/m0/s1. The topological polar surface area (TPSA) is 73.1 Å². The third-order valence-corrected chi connectivity index (χ3v) is 4.75. The molecule has 7 nitrogen and oxygen atoms in total. The van der Waals surface area contributed by atoms with E-state index in [0.29, 0.717) is 24.8 Å². The van der Waals surface area contributed by atoms with Crippen molar-refractivity contribution in [2.24, 2.45) is 13.0 Å². The zero-order valence-electron chi connectivity index (χ0n) is 13.8. The molecular weight excluding hydrogens is 306 g/mol. The summed E-state index contributed by atoms with van der Waals surface area (Å²) in [6.45, 7) is 1.91. The van der Waals surface area contributed by atoms with E-state index < -0.39 is 0 Å². The van der Waals surface area contributed by atoms with Crippen LogP contribution in [-0.4, -0.2) is 50.3 Å².